The van der Waals surface area contributed by atoms with Gasteiger partial charge in [0.1, 0.15) is 0 Å². The number of non-ortho nitro benzene ring substituents is 1. The van der Waals surface area contributed by atoms with Gasteiger partial charge in [-0.15, -0.1) is 0 Å². The van der Waals surface area contributed by atoms with E-state index in [-0.39, 0.29) is 32.5 Å². The highest BCUT2D eigenvalue weighted by Crippen LogP contribution is 2.31. The number of carbonyl (C=O) groups is 2. The predicted molar refractivity (Wildman–Crippen MR) is 89.2 cm³/mol. The van der Waals surface area contributed by atoms with Crippen molar-refractivity contribution in [2.75, 3.05) is 5.32 Å². The van der Waals surface area contributed by atoms with Crippen LogP contribution in [0.15, 0.2) is 30.3 Å². The van der Waals surface area contributed by atoms with E-state index in [4.69, 9.17) is 28.3 Å². The van der Waals surface area contributed by atoms with Gasteiger partial charge < -0.3 is 10.4 Å². The second-order valence-corrected chi connectivity index (χ2v) is 5.59. The topological polar surface area (TPSA) is 110 Å². The molecule has 2 aromatic rings. The zero-order valence-corrected chi connectivity index (χ0v) is 13.7. The van der Waals surface area contributed by atoms with Crippen LogP contribution < -0.4 is 5.32 Å². The number of nitrogens with one attached hydrogen (secondary N) is 1. The first-order chi connectivity index (χ1) is 11.2. The standard InChI is InChI=1S/C15H10Cl2N2O5/c1-7-9(15(21)22)3-2-4-12(7)18-14(20)13-10(16)5-8(19(23)24)6-11(13)17/h2-6H,1H3,(H,18,20)(H,21,22). The molecule has 2 rings (SSSR count). The van der Waals surface area contributed by atoms with E-state index >= 15 is 0 Å². The van der Waals surface area contributed by atoms with Gasteiger partial charge in [-0.3, -0.25) is 14.9 Å². The minimum absolute atomic E-state index is 0.0358. The third kappa shape index (κ3) is 3.47. The van der Waals surface area contributed by atoms with Crippen molar-refractivity contribution < 1.29 is 19.6 Å². The lowest BCUT2D eigenvalue weighted by molar-refractivity contribution is -0.384. The van der Waals surface area contributed by atoms with Gasteiger partial charge in [0, 0.05) is 17.8 Å². The molecule has 0 saturated heterocycles. The number of nitro groups is 1. The predicted octanol–water partition coefficient (Wildman–Crippen LogP) is 4.16. The van der Waals surface area contributed by atoms with Gasteiger partial charge in [-0.05, 0) is 24.6 Å². The summed E-state index contributed by atoms with van der Waals surface area (Å²) in [5, 5.41) is 22.0. The number of hydrogen-bond acceptors (Lipinski definition) is 4. The number of nitrogens with zero attached hydrogens (tertiary/aromatic N) is 1. The molecule has 0 aromatic heterocycles. The zero-order valence-electron chi connectivity index (χ0n) is 12.2. The summed E-state index contributed by atoms with van der Waals surface area (Å²) >= 11 is 11.8. The fraction of sp³-hybridized carbons (Fsp3) is 0.0667. The highest BCUT2D eigenvalue weighted by molar-refractivity contribution is 6.40. The van der Waals surface area contributed by atoms with Gasteiger partial charge in [0.25, 0.3) is 11.6 Å². The summed E-state index contributed by atoms with van der Waals surface area (Å²) in [5.74, 6) is -1.83. The molecular formula is C15H10Cl2N2O5. The number of carboxylic acid groups (broad SMARTS) is 1. The number of carboxylic acids is 1. The Kier molecular flexibility index (Phi) is 5.06. The highest BCUT2D eigenvalue weighted by Gasteiger charge is 2.21. The minimum Gasteiger partial charge on any atom is -0.478 e. The maximum atomic E-state index is 12.4. The smallest absolute Gasteiger partial charge is 0.336 e. The molecule has 7 nitrogen and oxygen atoms in total. The fourth-order valence-corrected chi connectivity index (χ4v) is 2.72. The Morgan fingerprint density at radius 3 is 2.29 bits per heavy atom. The van der Waals surface area contributed by atoms with E-state index in [1.165, 1.54) is 25.1 Å². The maximum absolute atomic E-state index is 12.4. The van der Waals surface area contributed by atoms with Crippen LogP contribution >= 0.6 is 23.2 Å². The molecule has 0 radical (unpaired) electrons. The van der Waals surface area contributed by atoms with Crippen molar-refractivity contribution in [2.24, 2.45) is 0 Å². The molecule has 1 amide bonds. The van der Waals surface area contributed by atoms with E-state index in [0.717, 1.165) is 12.1 Å². The Balaban J connectivity index is 2.40. The Morgan fingerprint density at radius 2 is 1.79 bits per heavy atom. The second kappa shape index (κ2) is 6.86. The van der Waals surface area contributed by atoms with Gasteiger partial charge in [0.05, 0.1) is 26.1 Å². The van der Waals surface area contributed by atoms with Crippen LogP contribution in [0.4, 0.5) is 11.4 Å². The van der Waals surface area contributed by atoms with Gasteiger partial charge in [0.2, 0.25) is 0 Å². The summed E-state index contributed by atoms with van der Waals surface area (Å²) in [7, 11) is 0. The monoisotopic (exact) mass is 368 g/mol. The molecule has 0 spiro atoms. The van der Waals surface area contributed by atoms with Crippen molar-refractivity contribution in [3.63, 3.8) is 0 Å². The summed E-state index contributed by atoms with van der Waals surface area (Å²) in [6.45, 7) is 1.54. The average Bonchev–Trinajstić information content (AvgIpc) is 2.48. The van der Waals surface area contributed by atoms with Gasteiger partial charge in [-0.1, -0.05) is 29.3 Å². The molecule has 2 aromatic carbocycles. The van der Waals surface area contributed by atoms with Crippen molar-refractivity contribution in [1.29, 1.82) is 0 Å². The summed E-state index contributed by atoms with van der Waals surface area (Å²) in [5.41, 5.74) is 0.182. The van der Waals surface area contributed by atoms with E-state index in [1.807, 2.05) is 0 Å². The van der Waals surface area contributed by atoms with Crippen molar-refractivity contribution >= 4 is 46.5 Å². The van der Waals surface area contributed by atoms with Crippen LogP contribution in [0.5, 0.6) is 0 Å². The lowest BCUT2D eigenvalue weighted by atomic mass is 10.1. The van der Waals surface area contributed by atoms with Crippen molar-refractivity contribution in [3.05, 3.63) is 67.2 Å². The summed E-state index contributed by atoms with van der Waals surface area (Å²) < 4.78 is 0. The van der Waals surface area contributed by atoms with E-state index in [9.17, 15) is 19.7 Å². The van der Waals surface area contributed by atoms with Crippen LogP contribution in [-0.4, -0.2) is 21.9 Å². The minimum atomic E-state index is -1.13. The average molecular weight is 369 g/mol. The van der Waals surface area contributed by atoms with Crippen LogP contribution in [0, 0.1) is 17.0 Å². The molecule has 0 fully saturated rings. The first-order valence-electron chi connectivity index (χ1n) is 6.50. The number of anilines is 1. The maximum Gasteiger partial charge on any atom is 0.336 e. The third-order valence-corrected chi connectivity index (χ3v) is 3.87. The molecule has 0 bridgehead atoms. The molecule has 0 aliphatic carbocycles. The van der Waals surface area contributed by atoms with E-state index in [2.05, 4.69) is 5.32 Å². The molecular weight excluding hydrogens is 359 g/mol. The molecule has 9 heteroatoms. The number of rotatable bonds is 4. The number of aromatic carboxylic acids is 1. The van der Waals surface area contributed by atoms with Crippen LogP contribution in [0.1, 0.15) is 26.3 Å². The first-order valence-corrected chi connectivity index (χ1v) is 7.25. The van der Waals surface area contributed by atoms with Gasteiger partial charge in [0.15, 0.2) is 0 Å². The molecule has 0 aliphatic heterocycles. The Labute approximate surface area is 146 Å². The van der Waals surface area contributed by atoms with Crippen molar-refractivity contribution in [3.8, 4) is 0 Å². The molecule has 2 N–H and O–H groups in total. The number of carbonyl (C=O) groups excluding carboxylic acids is 1. The molecule has 0 aliphatic rings. The van der Waals surface area contributed by atoms with Gasteiger partial charge in [-0.2, -0.15) is 0 Å². The van der Waals surface area contributed by atoms with Crippen molar-refractivity contribution in [2.45, 2.75) is 6.92 Å². The summed E-state index contributed by atoms with van der Waals surface area (Å²) in [6.07, 6.45) is 0. The Morgan fingerprint density at radius 1 is 1.21 bits per heavy atom. The Hall–Kier alpha value is -2.64. The number of hydrogen-bond donors (Lipinski definition) is 2. The van der Waals surface area contributed by atoms with E-state index in [1.54, 1.807) is 0 Å². The van der Waals surface area contributed by atoms with Crippen LogP contribution in [0.25, 0.3) is 0 Å². The molecule has 0 saturated carbocycles. The fourth-order valence-electron chi connectivity index (χ4n) is 2.07. The van der Waals surface area contributed by atoms with E-state index in [0.29, 0.717) is 5.56 Å². The van der Waals surface area contributed by atoms with Crippen LogP contribution in [0.3, 0.4) is 0 Å². The lowest BCUT2D eigenvalue weighted by Crippen LogP contribution is -2.15. The third-order valence-electron chi connectivity index (χ3n) is 3.28. The molecule has 0 unspecified atom stereocenters. The molecule has 0 atom stereocenters. The van der Waals surface area contributed by atoms with Gasteiger partial charge in [-0.25, -0.2) is 4.79 Å². The normalized spacial score (nSPS) is 10.3. The Bertz CT molecular complexity index is 844. The first kappa shape index (κ1) is 17.7. The SMILES string of the molecule is Cc1c(NC(=O)c2c(Cl)cc([N+](=O)[O-])cc2Cl)cccc1C(=O)O. The van der Waals surface area contributed by atoms with Gasteiger partial charge >= 0.3 is 5.97 Å². The summed E-state index contributed by atoms with van der Waals surface area (Å²) in [4.78, 5) is 33.6. The number of nitro benzene ring substituents is 1. The number of benzene rings is 2. The number of amides is 1. The number of halogens is 2. The molecule has 24 heavy (non-hydrogen) atoms. The second-order valence-electron chi connectivity index (χ2n) is 4.78. The molecule has 0 heterocycles. The molecule has 124 valence electrons. The highest BCUT2D eigenvalue weighted by atomic mass is 35.5. The van der Waals surface area contributed by atoms with Crippen LogP contribution in [0.2, 0.25) is 10.0 Å². The zero-order chi connectivity index (χ0) is 18.0. The largest absolute Gasteiger partial charge is 0.478 e. The van der Waals surface area contributed by atoms with Crippen molar-refractivity contribution in [1.82, 2.24) is 0 Å². The quantitative estimate of drug-likeness (QED) is 0.621. The van der Waals surface area contributed by atoms with Crippen LogP contribution in [-0.2, 0) is 0 Å². The van der Waals surface area contributed by atoms with E-state index < -0.39 is 16.8 Å². The summed E-state index contributed by atoms with van der Waals surface area (Å²) in [6, 6.07) is 6.43. The lowest BCUT2D eigenvalue weighted by Gasteiger charge is -2.12.